The highest BCUT2D eigenvalue weighted by molar-refractivity contribution is 5.97. The van der Waals surface area contributed by atoms with E-state index in [0.29, 0.717) is 18.5 Å². The van der Waals surface area contributed by atoms with E-state index < -0.39 is 6.61 Å². The van der Waals surface area contributed by atoms with Crippen LogP contribution < -0.4 is 15.4 Å². The van der Waals surface area contributed by atoms with Crippen molar-refractivity contribution in [2.75, 3.05) is 13.1 Å². The summed E-state index contributed by atoms with van der Waals surface area (Å²) in [6, 6.07) is 13.3. The molecule has 2 N–H and O–H groups in total. The first-order valence-electron chi connectivity index (χ1n) is 8.10. The Kier molecular flexibility index (Phi) is 7.08. The number of carbonyl (C=O) groups excluding carboxylic acids is 2. The van der Waals surface area contributed by atoms with Gasteiger partial charge in [-0.1, -0.05) is 30.3 Å². The molecular formula is C19H20F2N2O3. The van der Waals surface area contributed by atoms with Gasteiger partial charge in [-0.05, 0) is 42.7 Å². The highest BCUT2D eigenvalue weighted by atomic mass is 19.3. The molecule has 2 aromatic rings. The maximum Gasteiger partial charge on any atom is 0.387 e. The van der Waals surface area contributed by atoms with Crippen molar-refractivity contribution < 1.29 is 23.1 Å². The molecule has 0 spiro atoms. The largest absolute Gasteiger partial charge is 0.435 e. The van der Waals surface area contributed by atoms with E-state index >= 15 is 0 Å². The highest BCUT2D eigenvalue weighted by Gasteiger charge is 2.09. The molecule has 0 saturated heterocycles. The quantitative estimate of drug-likeness (QED) is 0.759. The predicted molar refractivity (Wildman–Crippen MR) is 93.3 cm³/mol. The van der Waals surface area contributed by atoms with E-state index in [2.05, 4.69) is 15.4 Å². The van der Waals surface area contributed by atoms with Crippen LogP contribution in [0.4, 0.5) is 8.78 Å². The second-order valence-corrected chi connectivity index (χ2v) is 5.62. The summed E-state index contributed by atoms with van der Waals surface area (Å²) in [7, 11) is 0. The second kappa shape index (κ2) is 9.50. The number of aryl methyl sites for hydroxylation is 1. The first-order valence-corrected chi connectivity index (χ1v) is 8.10. The van der Waals surface area contributed by atoms with Gasteiger partial charge in [0.1, 0.15) is 5.75 Å². The molecule has 0 fully saturated rings. The van der Waals surface area contributed by atoms with E-state index in [-0.39, 0.29) is 24.1 Å². The highest BCUT2D eigenvalue weighted by Crippen LogP contribution is 2.15. The van der Waals surface area contributed by atoms with Crippen LogP contribution in [0, 0.1) is 6.92 Å². The summed E-state index contributed by atoms with van der Waals surface area (Å²) in [4.78, 5) is 23.8. The summed E-state index contributed by atoms with van der Waals surface area (Å²) >= 11 is 0. The zero-order valence-electron chi connectivity index (χ0n) is 14.3. The van der Waals surface area contributed by atoms with Gasteiger partial charge in [-0.2, -0.15) is 8.78 Å². The number of hydrogen-bond donors (Lipinski definition) is 2. The minimum Gasteiger partial charge on any atom is -0.435 e. The Morgan fingerprint density at radius 3 is 2.38 bits per heavy atom. The van der Waals surface area contributed by atoms with Gasteiger partial charge >= 0.3 is 6.61 Å². The second-order valence-electron chi connectivity index (χ2n) is 5.62. The zero-order chi connectivity index (χ0) is 18.9. The van der Waals surface area contributed by atoms with E-state index in [0.717, 1.165) is 11.1 Å². The predicted octanol–water partition coefficient (Wildman–Crippen LogP) is 2.69. The molecule has 2 aromatic carbocycles. The van der Waals surface area contributed by atoms with Gasteiger partial charge in [0.15, 0.2) is 0 Å². The van der Waals surface area contributed by atoms with Crippen molar-refractivity contribution in [1.82, 2.24) is 10.6 Å². The molecule has 26 heavy (non-hydrogen) atoms. The molecule has 0 unspecified atom stereocenters. The minimum atomic E-state index is -2.85. The van der Waals surface area contributed by atoms with Crippen molar-refractivity contribution in [2.45, 2.75) is 20.0 Å². The lowest BCUT2D eigenvalue weighted by atomic mass is 10.1. The van der Waals surface area contributed by atoms with E-state index in [1.165, 1.54) is 12.1 Å². The van der Waals surface area contributed by atoms with E-state index in [4.69, 9.17) is 0 Å². The Bertz CT molecular complexity index is 749. The number of benzene rings is 2. The van der Waals surface area contributed by atoms with E-state index in [1.54, 1.807) is 24.3 Å². The molecule has 0 atom stereocenters. The Balaban J connectivity index is 1.70. The summed E-state index contributed by atoms with van der Waals surface area (Å²) < 4.78 is 28.4. The zero-order valence-corrected chi connectivity index (χ0v) is 14.3. The van der Waals surface area contributed by atoms with Crippen LogP contribution >= 0.6 is 0 Å². The third-order valence-electron chi connectivity index (χ3n) is 3.68. The number of ether oxygens (including phenoxy) is 1. The average molecular weight is 362 g/mol. The molecule has 0 aliphatic carbocycles. The molecule has 0 radical (unpaired) electrons. The molecule has 0 heterocycles. The normalized spacial score (nSPS) is 10.5. The number of alkyl halides is 2. The molecule has 2 rings (SSSR count). The van der Waals surface area contributed by atoms with Gasteiger partial charge in [0.25, 0.3) is 5.91 Å². The van der Waals surface area contributed by atoms with Crippen molar-refractivity contribution >= 4 is 11.8 Å². The van der Waals surface area contributed by atoms with Gasteiger partial charge in [-0.15, -0.1) is 0 Å². The van der Waals surface area contributed by atoms with E-state index in [1.807, 2.05) is 19.1 Å². The summed E-state index contributed by atoms with van der Waals surface area (Å²) in [5.74, 6) is -0.510. The Labute approximate surface area is 150 Å². The molecule has 2 amide bonds. The fraction of sp³-hybridized carbons (Fsp3) is 0.263. The van der Waals surface area contributed by atoms with Crippen molar-refractivity contribution in [2.24, 2.45) is 0 Å². The Morgan fingerprint density at radius 1 is 1.04 bits per heavy atom. The molecule has 0 bridgehead atoms. The number of nitrogens with one attached hydrogen (secondary N) is 2. The van der Waals surface area contributed by atoms with Crippen molar-refractivity contribution in [3.8, 4) is 5.75 Å². The lowest BCUT2D eigenvalue weighted by molar-refractivity contribution is -0.120. The summed E-state index contributed by atoms with van der Waals surface area (Å²) in [5.41, 5.74) is 2.24. The first kappa shape index (κ1) is 19.4. The topological polar surface area (TPSA) is 67.4 Å². The maximum atomic E-state index is 12.1. The van der Waals surface area contributed by atoms with Crippen LogP contribution in [-0.2, 0) is 11.2 Å². The molecule has 138 valence electrons. The van der Waals surface area contributed by atoms with Crippen LogP contribution in [0.5, 0.6) is 5.75 Å². The van der Waals surface area contributed by atoms with Crippen molar-refractivity contribution in [3.05, 3.63) is 65.2 Å². The molecule has 7 heteroatoms. The Hall–Kier alpha value is -2.96. The van der Waals surface area contributed by atoms with Crippen molar-refractivity contribution in [1.29, 1.82) is 0 Å². The third kappa shape index (κ3) is 6.16. The number of amides is 2. The fourth-order valence-electron chi connectivity index (χ4n) is 2.33. The molecule has 5 nitrogen and oxygen atoms in total. The van der Waals surface area contributed by atoms with Gasteiger partial charge in [-0.25, -0.2) is 0 Å². The summed E-state index contributed by atoms with van der Waals surface area (Å²) in [6.07, 6.45) is 0.534. The number of hydrogen-bond acceptors (Lipinski definition) is 3. The number of carbonyl (C=O) groups is 2. The molecule has 0 saturated carbocycles. The lowest BCUT2D eigenvalue weighted by Crippen LogP contribution is -2.37. The number of rotatable bonds is 8. The monoisotopic (exact) mass is 362 g/mol. The molecule has 0 aliphatic heterocycles. The smallest absolute Gasteiger partial charge is 0.387 e. The average Bonchev–Trinajstić information content (AvgIpc) is 2.61. The maximum absolute atomic E-state index is 12.1. The molecule has 0 aliphatic rings. The van der Waals surface area contributed by atoms with Crippen LogP contribution in [0.1, 0.15) is 21.5 Å². The van der Waals surface area contributed by atoms with Gasteiger partial charge in [-0.3, -0.25) is 9.59 Å². The Morgan fingerprint density at radius 2 is 1.73 bits per heavy atom. The fourth-order valence-corrected chi connectivity index (χ4v) is 2.33. The van der Waals surface area contributed by atoms with Gasteiger partial charge in [0, 0.05) is 12.1 Å². The standard InChI is InChI=1S/C19H20F2N2O3/c1-13-4-2-3-5-16(13)18(25)23-12-17(24)22-11-10-14-6-8-15(9-7-14)26-19(20)21/h2-9,19H,10-12H2,1H3,(H,22,24)(H,23,25). The van der Waals surface area contributed by atoms with Gasteiger partial charge in [0.05, 0.1) is 6.54 Å². The summed E-state index contributed by atoms with van der Waals surface area (Å²) in [5, 5.41) is 5.27. The van der Waals surface area contributed by atoms with Gasteiger partial charge < -0.3 is 15.4 Å². The third-order valence-corrected chi connectivity index (χ3v) is 3.68. The van der Waals surface area contributed by atoms with Crippen LogP contribution in [-0.4, -0.2) is 31.5 Å². The van der Waals surface area contributed by atoms with Crippen LogP contribution in [0.2, 0.25) is 0 Å². The first-order chi connectivity index (χ1) is 12.5. The SMILES string of the molecule is Cc1ccccc1C(=O)NCC(=O)NCCc1ccc(OC(F)F)cc1. The number of halogens is 2. The molecule has 0 aromatic heterocycles. The van der Waals surface area contributed by atoms with Crippen molar-refractivity contribution in [3.63, 3.8) is 0 Å². The van der Waals surface area contributed by atoms with Gasteiger partial charge in [0.2, 0.25) is 5.91 Å². The van der Waals surface area contributed by atoms with Crippen LogP contribution in [0.25, 0.3) is 0 Å². The lowest BCUT2D eigenvalue weighted by Gasteiger charge is -2.09. The summed E-state index contributed by atoms with van der Waals surface area (Å²) in [6.45, 7) is -0.773. The van der Waals surface area contributed by atoms with E-state index in [9.17, 15) is 18.4 Å². The van der Waals surface area contributed by atoms with Crippen LogP contribution in [0.15, 0.2) is 48.5 Å². The van der Waals surface area contributed by atoms with Crippen LogP contribution in [0.3, 0.4) is 0 Å². The molecular weight excluding hydrogens is 342 g/mol. The minimum absolute atomic E-state index is 0.0895.